The van der Waals surface area contributed by atoms with E-state index >= 15 is 0 Å². The van der Waals surface area contributed by atoms with Gasteiger partial charge in [-0.15, -0.1) is 26.3 Å². The zero-order chi connectivity index (χ0) is 12.0. The molecule has 0 rings (SSSR count). The van der Waals surface area contributed by atoms with Gasteiger partial charge in [-0.3, -0.25) is 0 Å². The van der Waals surface area contributed by atoms with Crippen LogP contribution >= 0.6 is 0 Å². The Morgan fingerprint density at radius 3 is 0.333 bits per heavy atom. The smallest absolute Gasteiger partial charge is 0.0683 e. The zero-order valence-corrected chi connectivity index (χ0v) is 10.8. The van der Waals surface area contributed by atoms with Crippen LogP contribution in [0.2, 0.25) is 0 Å². The summed E-state index contributed by atoms with van der Waals surface area (Å²) in [4.78, 5) is 0. The molecule has 0 aliphatic heterocycles. The maximum absolute atomic E-state index is 3.00. The summed E-state index contributed by atoms with van der Waals surface area (Å²) in [5.41, 5.74) is 0. The van der Waals surface area contributed by atoms with E-state index in [1.807, 2.05) is 55.4 Å². The van der Waals surface area contributed by atoms with Gasteiger partial charge in [0.15, 0.2) is 0 Å². The highest BCUT2D eigenvalue weighted by Gasteiger charge is 0.938. The summed E-state index contributed by atoms with van der Waals surface area (Å²) in [6.07, 6.45) is 0. The first kappa shape index (κ1) is 42.0. The predicted molar refractivity (Wildman–Crippen MR) is 67.9 cm³/mol. The Hall–Kier alpha value is -0.520. The Kier molecular flexibility index (Phi) is 12200. The van der Waals surface area contributed by atoms with E-state index in [4.69, 9.17) is 0 Å². The lowest BCUT2D eigenvalue weighted by molar-refractivity contribution is 1.50. The first-order valence-corrected chi connectivity index (χ1v) is 5.00. The van der Waals surface area contributed by atoms with Crippen LogP contribution in [0.4, 0.5) is 0 Å². The van der Waals surface area contributed by atoms with Crippen LogP contribution in [0.25, 0.3) is 0 Å². The second kappa shape index (κ2) is 3480. The Labute approximate surface area is 82.4 Å². The second-order valence-corrected chi connectivity index (χ2v) is 0. The van der Waals surface area contributed by atoms with Crippen molar-refractivity contribution in [2.75, 3.05) is 0 Å². The molecule has 0 aliphatic carbocycles. The van der Waals surface area contributed by atoms with Crippen LogP contribution in [-0.4, -0.2) is 0 Å². The molecular weight excluding hydrogens is 144 g/mol. The summed E-state index contributed by atoms with van der Waals surface area (Å²) in [7, 11) is 0. The van der Waals surface area contributed by atoms with Gasteiger partial charge in [0.25, 0.3) is 0 Å². The maximum atomic E-state index is 3.00. The monoisotopic (exact) mass is 176 g/mol. The van der Waals surface area contributed by atoms with Crippen molar-refractivity contribution in [2.24, 2.45) is 0 Å². The van der Waals surface area contributed by atoms with Gasteiger partial charge in [0.2, 0.25) is 0 Å². The molecule has 0 radical (unpaired) electrons. The molecule has 0 nitrogen and oxygen atoms in total. The third-order valence-corrected chi connectivity index (χ3v) is 0. The van der Waals surface area contributed by atoms with Gasteiger partial charge in [-0.2, -0.15) is 0 Å². The molecule has 0 amide bonds. The lowest BCUT2D eigenvalue weighted by Crippen LogP contribution is -0.856. The molecule has 80 valence electrons. The molecule has 0 bridgehead atoms. The Morgan fingerprint density at radius 2 is 0.333 bits per heavy atom. The minimum atomic E-state index is 2.00. The lowest BCUT2D eigenvalue weighted by atomic mass is 11.0. The zero-order valence-electron chi connectivity index (χ0n) is 10.8. The largest absolute Gasteiger partial charge is 0.106 e. The fourth-order valence-corrected chi connectivity index (χ4v) is 0. The summed E-state index contributed by atoms with van der Waals surface area (Å²) in [5, 5.41) is 0. The average Bonchev–Trinajstić information content (AvgIpc) is 2.33. The quantitative estimate of drug-likeness (QED) is 0.415. The highest BCUT2D eigenvalue weighted by Crippen LogP contribution is 1.15. The summed E-state index contributed by atoms with van der Waals surface area (Å²) in [6.45, 7) is 28.0. The molecule has 0 saturated heterocycles. The Bertz CT molecular complexity index is 2.00. The van der Waals surface area contributed by atoms with E-state index in [0.717, 1.165) is 0 Å². The van der Waals surface area contributed by atoms with E-state index in [1.54, 1.807) is 0 Å². The Morgan fingerprint density at radius 1 is 0.333 bits per heavy atom. The minimum Gasteiger partial charge on any atom is -0.106 e. The molecule has 0 aliphatic rings. The van der Waals surface area contributed by atoms with Gasteiger partial charge >= 0.3 is 0 Å². The molecule has 0 aromatic carbocycles. The van der Waals surface area contributed by atoms with Crippen LogP contribution in [0.15, 0.2) is 26.3 Å². The minimum absolute atomic E-state index is 2.00. The van der Waals surface area contributed by atoms with Crippen LogP contribution in [0.1, 0.15) is 55.4 Å². The summed E-state index contributed by atoms with van der Waals surface area (Å²) >= 11 is 0. The third-order valence-electron chi connectivity index (χ3n) is 0. The first-order valence-electron chi connectivity index (χ1n) is 5.00. The number of hydrogen-bond acceptors (Lipinski definition) is 0. The molecule has 12 heavy (non-hydrogen) atoms. The van der Waals surface area contributed by atoms with Gasteiger partial charge in [-0.05, 0) is 0 Å². The van der Waals surface area contributed by atoms with E-state index in [0.29, 0.717) is 0 Å². The maximum Gasteiger partial charge on any atom is -0.0683 e. The number of hydrogen-bond donors (Lipinski definition) is 0. The molecule has 0 unspecified atom stereocenters. The highest BCUT2D eigenvalue weighted by molar-refractivity contribution is 4.22. The standard InChI is InChI=1S/4C2H6.2C2H4/c6*1-2/h4*1-2H3;2*1-2H2. The van der Waals surface area contributed by atoms with Gasteiger partial charge in [-0.25, -0.2) is 0 Å². The molecule has 0 heterocycles. The molecule has 0 N–H and O–H groups in total. The fraction of sp³-hybridized carbons (Fsp3) is 0.667. The van der Waals surface area contributed by atoms with Crippen molar-refractivity contribution in [1.82, 2.24) is 0 Å². The molecular formula is C12H32. The van der Waals surface area contributed by atoms with Crippen molar-refractivity contribution in [3.05, 3.63) is 26.3 Å². The van der Waals surface area contributed by atoms with Crippen molar-refractivity contribution in [3.63, 3.8) is 0 Å². The average molecular weight is 176 g/mol. The fourth-order valence-electron chi connectivity index (χ4n) is 0. The molecule has 0 aromatic rings. The van der Waals surface area contributed by atoms with Gasteiger partial charge in [-0.1, -0.05) is 55.4 Å². The number of rotatable bonds is 0. The van der Waals surface area contributed by atoms with E-state index in [-0.39, 0.29) is 0 Å². The van der Waals surface area contributed by atoms with E-state index in [9.17, 15) is 0 Å². The first-order chi connectivity index (χ1) is 6.00. The lowest BCUT2D eigenvalue weighted by Gasteiger charge is -1.07. The van der Waals surface area contributed by atoms with Gasteiger partial charge in [0.05, 0.1) is 0 Å². The molecule has 0 fully saturated rings. The van der Waals surface area contributed by atoms with Gasteiger partial charge in [0.1, 0.15) is 0 Å². The topological polar surface area (TPSA) is 0 Å². The molecule has 0 heteroatoms. The summed E-state index contributed by atoms with van der Waals surface area (Å²) < 4.78 is 0. The SMILES string of the molecule is C=C.C=C.CC.CC.CC.CC. The molecule has 0 saturated carbocycles. The van der Waals surface area contributed by atoms with Gasteiger partial charge < -0.3 is 0 Å². The van der Waals surface area contributed by atoms with Crippen molar-refractivity contribution in [2.45, 2.75) is 55.4 Å². The van der Waals surface area contributed by atoms with E-state index in [1.165, 1.54) is 0 Å². The van der Waals surface area contributed by atoms with Crippen LogP contribution in [0.5, 0.6) is 0 Å². The third kappa shape index (κ3) is 2520. The van der Waals surface area contributed by atoms with Crippen LogP contribution in [0, 0.1) is 0 Å². The predicted octanol–water partition coefficient (Wildman–Crippen LogP) is 5.71. The normalized spacial score (nSPS) is 2.67. The molecule has 0 aromatic heterocycles. The second-order valence-electron chi connectivity index (χ2n) is 0. The van der Waals surface area contributed by atoms with E-state index < -0.39 is 0 Å². The van der Waals surface area contributed by atoms with Crippen LogP contribution in [-0.2, 0) is 0 Å². The molecule has 0 atom stereocenters. The van der Waals surface area contributed by atoms with Crippen LogP contribution in [0.3, 0.4) is 0 Å². The van der Waals surface area contributed by atoms with Crippen molar-refractivity contribution < 1.29 is 0 Å². The Balaban J connectivity index is -0.00000000900. The highest BCUT2D eigenvalue weighted by atomic mass is 13.0. The summed E-state index contributed by atoms with van der Waals surface area (Å²) in [6, 6.07) is 0. The van der Waals surface area contributed by atoms with E-state index in [2.05, 4.69) is 26.3 Å². The van der Waals surface area contributed by atoms with Crippen molar-refractivity contribution in [3.8, 4) is 0 Å². The van der Waals surface area contributed by atoms with Crippen molar-refractivity contribution in [1.29, 1.82) is 0 Å². The van der Waals surface area contributed by atoms with Crippen LogP contribution < -0.4 is 0 Å². The van der Waals surface area contributed by atoms with Crippen molar-refractivity contribution >= 4 is 0 Å². The summed E-state index contributed by atoms with van der Waals surface area (Å²) in [5.74, 6) is 0. The van der Waals surface area contributed by atoms with Gasteiger partial charge in [0, 0.05) is 0 Å². The molecule has 0 spiro atoms.